The molecule has 98 valence electrons. The van der Waals surface area contributed by atoms with E-state index in [0.29, 0.717) is 6.10 Å². The Morgan fingerprint density at radius 3 is 1.75 bits per heavy atom. The zero-order valence-electron chi connectivity index (χ0n) is 11.5. The van der Waals surface area contributed by atoms with Crippen LogP contribution in [0.5, 0.6) is 0 Å². The van der Waals surface area contributed by atoms with Crippen LogP contribution >= 0.6 is 0 Å². The summed E-state index contributed by atoms with van der Waals surface area (Å²) in [5.74, 6) is 0. The summed E-state index contributed by atoms with van der Waals surface area (Å²) >= 11 is 0. The molecule has 1 saturated carbocycles. The van der Waals surface area contributed by atoms with Gasteiger partial charge in [-0.05, 0) is 25.7 Å². The van der Waals surface area contributed by atoms with E-state index in [1.54, 1.807) is 7.11 Å². The molecule has 0 aromatic carbocycles. The Morgan fingerprint density at radius 1 is 0.938 bits per heavy atom. The molecule has 0 aromatic heterocycles. The van der Waals surface area contributed by atoms with Gasteiger partial charge in [0.2, 0.25) is 0 Å². The van der Waals surface area contributed by atoms with Crippen LogP contribution in [0, 0.1) is 0 Å². The average Bonchev–Trinajstić information content (AvgIpc) is 2.83. The van der Waals surface area contributed by atoms with E-state index in [-0.39, 0.29) is 0 Å². The third-order valence-electron chi connectivity index (χ3n) is 2.92. The van der Waals surface area contributed by atoms with E-state index >= 15 is 0 Å². The first kappa shape index (κ1) is 15.9. The van der Waals surface area contributed by atoms with Crippen LogP contribution in [0.1, 0.15) is 65.2 Å². The summed E-state index contributed by atoms with van der Waals surface area (Å²) in [6.45, 7) is 6.28. The first-order valence-corrected chi connectivity index (χ1v) is 6.95. The maximum atomic E-state index is 5.31. The average molecular weight is 230 g/mol. The fourth-order valence-electron chi connectivity index (χ4n) is 1.72. The topological polar surface area (TPSA) is 18.5 Å². The summed E-state index contributed by atoms with van der Waals surface area (Å²) in [4.78, 5) is 0. The lowest BCUT2D eigenvalue weighted by molar-refractivity contribution is 0.109. The molecule has 1 aliphatic rings. The highest BCUT2D eigenvalue weighted by atomic mass is 16.5. The van der Waals surface area contributed by atoms with E-state index in [9.17, 15) is 0 Å². The second-order valence-corrected chi connectivity index (χ2v) is 4.46. The molecule has 0 bridgehead atoms. The molecule has 0 amide bonds. The molecule has 1 fully saturated rings. The van der Waals surface area contributed by atoms with Gasteiger partial charge in [0.25, 0.3) is 0 Å². The lowest BCUT2D eigenvalue weighted by Gasteiger charge is -2.02. The number of ether oxygens (including phenoxy) is 2. The molecular weight excluding hydrogens is 200 g/mol. The van der Waals surface area contributed by atoms with Crippen LogP contribution in [-0.2, 0) is 9.47 Å². The molecular formula is C14H30O2. The Bertz CT molecular complexity index is 114. The summed E-state index contributed by atoms with van der Waals surface area (Å²) in [5.41, 5.74) is 0. The van der Waals surface area contributed by atoms with Gasteiger partial charge in [0.05, 0.1) is 6.10 Å². The molecule has 0 aliphatic heterocycles. The monoisotopic (exact) mass is 230 g/mol. The predicted octanol–water partition coefficient (Wildman–Crippen LogP) is 4.18. The zero-order chi connectivity index (χ0) is 12.1. The number of methoxy groups -OCH3 is 1. The minimum atomic E-state index is 0.597. The SMILES string of the molecule is CCCCOCCCC.COC1CCCC1. The van der Waals surface area contributed by atoms with Gasteiger partial charge in [0, 0.05) is 20.3 Å². The van der Waals surface area contributed by atoms with Crippen molar-refractivity contribution in [3.8, 4) is 0 Å². The summed E-state index contributed by atoms with van der Waals surface area (Å²) in [6.07, 6.45) is 10.8. The van der Waals surface area contributed by atoms with Crippen molar-refractivity contribution in [3.63, 3.8) is 0 Å². The molecule has 0 aromatic rings. The van der Waals surface area contributed by atoms with Crippen LogP contribution < -0.4 is 0 Å². The van der Waals surface area contributed by atoms with E-state index in [1.165, 1.54) is 51.4 Å². The van der Waals surface area contributed by atoms with Gasteiger partial charge >= 0.3 is 0 Å². The highest BCUT2D eigenvalue weighted by Gasteiger charge is 2.12. The molecule has 1 rings (SSSR count). The molecule has 0 N–H and O–H groups in total. The van der Waals surface area contributed by atoms with Gasteiger partial charge in [-0.1, -0.05) is 39.5 Å². The van der Waals surface area contributed by atoms with Crippen molar-refractivity contribution in [2.75, 3.05) is 20.3 Å². The normalized spacial score (nSPS) is 15.9. The third kappa shape index (κ3) is 10.4. The lowest BCUT2D eigenvalue weighted by Crippen LogP contribution is -2.01. The molecule has 0 radical (unpaired) electrons. The first-order valence-electron chi connectivity index (χ1n) is 6.95. The van der Waals surface area contributed by atoms with Gasteiger partial charge in [-0.3, -0.25) is 0 Å². The molecule has 0 spiro atoms. The van der Waals surface area contributed by atoms with E-state index in [4.69, 9.17) is 9.47 Å². The van der Waals surface area contributed by atoms with Gasteiger partial charge in [-0.2, -0.15) is 0 Å². The molecule has 0 atom stereocenters. The van der Waals surface area contributed by atoms with Crippen LogP contribution in [0.25, 0.3) is 0 Å². The summed E-state index contributed by atoms with van der Waals surface area (Å²) < 4.78 is 10.4. The van der Waals surface area contributed by atoms with E-state index in [2.05, 4.69) is 13.8 Å². The molecule has 16 heavy (non-hydrogen) atoms. The fraction of sp³-hybridized carbons (Fsp3) is 1.00. The highest BCUT2D eigenvalue weighted by Crippen LogP contribution is 2.19. The van der Waals surface area contributed by atoms with Crippen LogP contribution in [0.15, 0.2) is 0 Å². The van der Waals surface area contributed by atoms with Crippen LogP contribution in [0.2, 0.25) is 0 Å². The van der Waals surface area contributed by atoms with Gasteiger partial charge in [-0.25, -0.2) is 0 Å². The van der Waals surface area contributed by atoms with E-state index in [0.717, 1.165) is 13.2 Å². The smallest absolute Gasteiger partial charge is 0.0571 e. The van der Waals surface area contributed by atoms with Crippen molar-refractivity contribution >= 4 is 0 Å². The second-order valence-electron chi connectivity index (χ2n) is 4.46. The molecule has 0 saturated heterocycles. The second kappa shape index (κ2) is 13.0. The summed E-state index contributed by atoms with van der Waals surface area (Å²) in [6, 6.07) is 0. The van der Waals surface area contributed by atoms with Gasteiger partial charge < -0.3 is 9.47 Å². The van der Waals surface area contributed by atoms with Crippen molar-refractivity contribution in [2.45, 2.75) is 71.3 Å². The van der Waals surface area contributed by atoms with Crippen LogP contribution in [0.3, 0.4) is 0 Å². The summed E-state index contributed by atoms with van der Waals surface area (Å²) in [7, 11) is 1.80. The Labute approximate surface area is 102 Å². The number of unbranched alkanes of at least 4 members (excludes halogenated alkanes) is 2. The van der Waals surface area contributed by atoms with Gasteiger partial charge in [0.15, 0.2) is 0 Å². The van der Waals surface area contributed by atoms with Crippen molar-refractivity contribution < 1.29 is 9.47 Å². The van der Waals surface area contributed by atoms with Crippen LogP contribution in [-0.4, -0.2) is 26.4 Å². The van der Waals surface area contributed by atoms with Gasteiger partial charge in [-0.15, -0.1) is 0 Å². The van der Waals surface area contributed by atoms with E-state index < -0.39 is 0 Å². The maximum Gasteiger partial charge on any atom is 0.0571 e. The van der Waals surface area contributed by atoms with Crippen molar-refractivity contribution in [1.29, 1.82) is 0 Å². The molecule has 0 heterocycles. The predicted molar refractivity (Wildman–Crippen MR) is 69.9 cm³/mol. The lowest BCUT2D eigenvalue weighted by atomic mass is 10.3. The highest BCUT2D eigenvalue weighted by molar-refractivity contribution is 4.65. The minimum Gasteiger partial charge on any atom is -0.381 e. The Hall–Kier alpha value is -0.0800. The number of hydrogen-bond acceptors (Lipinski definition) is 2. The van der Waals surface area contributed by atoms with Crippen molar-refractivity contribution in [3.05, 3.63) is 0 Å². The number of rotatable bonds is 7. The largest absolute Gasteiger partial charge is 0.381 e. The molecule has 2 nitrogen and oxygen atoms in total. The van der Waals surface area contributed by atoms with Crippen molar-refractivity contribution in [1.82, 2.24) is 0 Å². The fourth-order valence-corrected chi connectivity index (χ4v) is 1.72. The minimum absolute atomic E-state index is 0.597. The third-order valence-corrected chi connectivity index (χ3v) is 2.92. The van der Waals surface area contributed by atoms with E-state index in [1.807, 2.05) is 0 Å². The van der Waals surface area contributed by atoms with Crippen molar-refractivity contribution in [2.24, 2.45) is 0 Å². The maximum absolute atomic E-state index is 5.31. The van der Waals surface area contributed by atoms with Crippen LogP contribution in [0.4, 0.5) is 0 Å². The first-order chi connectivity index (χ1) is 7.85. The van der Waals surface area contributed by atoms with Gasteiger partial charge in [0.1, 0.15) is 0 Å². The standard InChI is InChI=1S/C8H18O.C6H12O/c1-3-5-7-9-8-6-4-2;1-7-6-4-2-3-5-6/h3-8H2,1-2H3;6H,2-5H2,1H3. The molecule has 2 heteroatoms. The molecule has 0 unspecified atom stereocenters. The Balaban J connectivity index is 0.000000288. The quantitative estimate of drug-likeness (QED) is 0.611. The summed E-state index contributed by atoms with van der Waals surface area (Å²) in [5, 5.41) is 0. The number of hydrogen-bond donors (Lipinski definition) is 0. The Kier molecular flexibility index (Phi) is 12.9. The zero-order valence-corrected chi connectivity index (χ0v) is 11.5. The Morgan fingerprint density at radius 2 is 1.44 bits per heavy atom. The molecule has 1 aliphatic carbocycles.